The molecule has 94 valence electrons. The molecule has 0 spiro atoms. The van der Waals surface area contributed by atoms with E-state index in [9.17, 15) is 8.42 Å². The van der Waals surface area contributed by atoms with Gasteiger partial charge in [-0.2, -0.15) is 5.10 Å². The number of benzene rings is 1. The Labute approximate surface area is 100 Å². The molecular formula is C10H14N2O4S. The van der Waals surface area contributed by atoms with Crippen LogP contribution in [0.3, 0.4) is 0 Å². The smallest absolute Gasteiger partial charge is 0.244 e. The van der Waals surface area contributed by atoms with Crippen molar-refractivity contribution in [3.63, 3.8) is 0 Å². The molecule has 1 aromatic carbocycles. The standard InChI is InChI=1S/C10H14N2O4S/c1-15-9-5-4-8(10(6-9)16-2)7-11-12-17(3,13)14/h4-7,12H,1-3H3/b11-7-. The normalized spacial score (nSPS) is 11.5. The minimum absolute atomic E-state index is 0.545. The van der Waals surface area contributed by atoms with Crippen LogP contribution >= 0.6 is 0 Å². The van der Waals surface area contributed by atoms with Gasteiger partial charge in [0.15, 0.2) is 0 Å². The van der Waals surface area contributed by atoms with Crippen LogP contribution in [0.15, 0.2) is 23.3 Å². The minimum Gasteiger partial charge on any atom is -0.497 e. The zero-order valence-electron chi connectivity index (χ0n) is 9.80. The van der Waals surface area contributed by atoms with Gasteiger partial charge in [-0.3, -0.25) is 0 Å². The Morgan fingerprint density at radius 2 is 2.00 bits per heavy atom. The fourth-order valence-corrected chi connectivity index (χ4v) is 1.36. The molecule has 0 aliphatic carbocycles. The lowest BCUT2D eigenvalue weighted by Crippen LogP contribution is -2.15. The number of hydrogen-bond acceptors (Lipinski definition) is 5. The van der Waals surface area contributed by atoms with E-state index in [1.807, 2.05) is 4.83 Å². The fraction of sp³-hybridized carbons (Fsp3) is 0.300. The summed E-state index contributed by atoms with van der Waals surface area (Å²) in [6.45, 7) is 0. The number of ether oxygens (including phenoxy) is 2. The molecule has 0 unspecified atom stereocenters. The lowest BCUT2D eigenvalue weighted by atomic mass is 10.2. The Kier molecular flexibility index (Phi) is 4.33. The number of methoxy groups -OCH3 is 2. The van der Waals surface area contributed by atoms with E-state index in [4.69, 9.17) is 9.47 Å². The average molecular weight is 258 g/mol. The Bertz CT molecular complexity index is 511. The Morgan fingerprint density at radius 1 is 1.29 bits per heavy atom. The van der Waals surface area contributed by atoms with Crippen molar-refractivity contribution in [2.75, 3.05) is 20.5 Å². The summed E-state index contributed by atoms with van der Waals surface area (Å²) in [6.07, 6.45) is 2.38. The van der Waals surface area contributed by atoms with E-state index in [1.54, 1.807) is 25.3 Å². The summed E-state index contributed by atoms with van der Waals surface area (Å²) in [5.41, 5.74) is 0.643. The molecule has 0 saturated carbocycles. The van der Waals surface area contributed by atoms with Crippen LogP contribution in [0.2, 0.25) is 0 Å². The summed E-state index contributed by atoms with van der Waals surface area (Å²) >= 11 is 0. The summed E-state index contributed by atoms with van der Waals surface area (Å²) in [5, 5.41) is 3.59. The van der Waals surface area contributed by atoms with Gasteiger partial charge in [-0.15, -0.1) is 0 Å². The molecule has 0 fully saturated rings. The highest BCUT2D eigenvalue weighted by Crippen LogP contribution is 2.22. The van der Waals surface area contributed by atoms with Crippen LogP contribution < -0.4 is 14.3 Å². The maximum absolute atomic E-state index is 10.8. The Balaban J connectivity index is 2.91. The molecule has 0 heterocycles. The van der Waals surface area contributed by atoms with E-state index in [0.717, 1.165) is 6.26 Å². The van der Waals surface area contributed by atoms with Gasteiger partial charge in [-0.05, 0) is 12.1 Å². The van der Waals surface area contributed by atoms with E-state index < -0.39 is 10.0 Å². The van der Waals surface area contributed by atoms with Crippen LogP contribution in [0.4, 0.5) is 0 Å². The van der Waals surface area contributed by atoms with Crippen LogP contribution in [-0.4, -0.2) is 35.1 Å². The second kappa shape index (κ2) is 5.53. The maximum Gasteiger partial charge on any atom is 0.244 e. The second-order valence-corrected chi connectivity index (χ2v) is 4.96. The Hall–Kier alpha value is -1.76. The summed E-state index contributed by atoms with van der Waals surface area (Å²) in [5.74, 6) is 1.19. The molecule has 7 heteroatoms. The average Bonchev–Trinajstić information content (AvgIpc) is 2.27. The number of sulfonamides is 1. The molecule has 0 amide bonds. The lowest BCUT2D eigenvalue weighted by molar-refractivity contribution is 0.394. The van der Waals surface area contributed by atoms with Crippen molar-refractivity contribution >= 4 is 16.2 Å². The molecule has 1 rings (SSSR count). The number of nitrogens with one attached hydrogen (secondary N) is 1. The molecule has 1 N–H and O–H groups in total. The molecular weight excluding hydrogens is 244 g/mol. The first-order valence-corrected chi connectivity index (χ1v) is 6.57. The van der Waals surface area contributed by atoms with Crippen LogP contribution in [-0.2, 0) is 10.0 Å². The monoisotopic (exact) mass is 258 g/mol. The van der Waals surface area contributed by atoms with Gasteiger partial charge >= 0.3 is 0 Å². The molecule has 0 saturated heterocycles. The van der Waals surface area contributed by atoms with Crippen LogP contribution in [0.25, 0.3) is 0 Å². The lowest BCUT2D eigenvalue weighted by Gasteiger charge is -2.06. The fourth-order valence-electron chi connectivity index (χ4n) is 1.12. The highest BCUT2D eigenvalue weighted by molar-refractivity contribution is 7.88. The first kappa shape index (κ1) is 13.3. The van der Waals surface area contributed by atoms with E-state index >= 15 is 0 Å². The highest BCUT2D eigenvalue weighted by Gasteiger charge is 2.03. The number of rotatable bonds is 5. The van der Waals surface area contributed by atoms with Crippen molar-refractivity contribution < 1.29 is 17.9 Å². The van der Waals surface area contributed by atoms with Gasteiger partial charge in [0, 0.05) is 11.6 Å². The molecule has 1 aromatic rings. The number of hydrogen-bond donors (Lipinski definition) is 1. The van der Waals surface area contributed by atoms with Crippen LogP contribution in [0.1, 0.15) is 5.56 Å². The third kappa shape index (κ3) is 4.31. The van der Waals surface area contributed by atoms with Crippen molar-refractivity contribution in [2.24, 2.45) is 5.10 Å². The first-order valence-electron chi connectivity index (χ1n) is 4.68. The van der Waals surface area contributed by atoms with Gasteiger partial charge in [0.1, 0.15) is 11.5 Å². The second-order valence-electron chi connectivity index (χ2n) is 3.23. The molecule has 0 bridgehead atoms. The van der Waals surface area contributed by atoms with Gasteiger partial charge < -0.3 is 9.47 Å². The molecule has 0 radical (unpaired) electrons. The number of nitrogens with zero attached hydrogens (tertiary/aromatic N) is 1. The van der Waals surface area contributed by atoms with Gasteiger partial charge in [0.25, 0.3) is 0 Å². The van der Waals surface area contributed by atoms with Gasteiger partial charge in [-0.1, -0.05) is 0 Å². The molecule has 0 aliphatic rings. The van der Waals surface area contributed by atoms with Crippen molar-refractivity contribution in [1.29, 1.82) is 0 Å². The summed E-state index contributed by atoms with van der Waals surface area (Å²) in [6, 6.07) is 5.12. The topological polar surface area (TPSA) is 77.0 Å². The van der Waals surface area contributed by atoms with Crippen molar-refractivity contribution in [1.82, 2.24) is 4.83 Å². The van der Waals surface area contributed by atoms with Gasteiger partial charge in [0.2, 0.25) is 10.0 Å². The first-order chi connectivity index (χ1) is 7.96. The van der Waals surface area contributed by atoms with Gasteiger partial charge in [0.05, 0.1) is 26.7 Å². The zero-order valence-corrected chi connectivity index (χ0v) is 10.6. The van der Waals surface area contributed by atoms with E-state index in [-0.39, 0.29) is 0 Å². The third-order valence-electron chi connectivity index (χ3n) is 1.86. The van der Waals surface area contributed by atoms with Crippen LogP contribution in [0, 0.1) is 0 Å². The van der Waals surface area contributed by atoms with E-state index in [0.29, 0.717) is 17.1 Å². The predicted molar refractivity (Wildman–Crippen MR) is 65.1 cm³/mol. The maximum atomic E-state index is 10.8. The summed E-state index contributed by atoms with van der Waals surface area (Å²) in [7, 11) is -0.281. The highest BCUT2D eigenvalue weighted by atomic mass is 32.2. The molecule has 0 aliphatic heterocycles. The SMILES string of the molecule is COc1ccc(/C=N\NS(C)(=O)=O)c(OC)c1. The predicted octanol–water partition coefficient (Wildman–Crippen LogP) is 0.587. The zero-order chi connectivity index (χ0) is 12.9. The molecule has 0 atom stereocenters. The van der Waals surface area contributed by atoms with E-state index in [2.05, 4.69) is 5.10 Å². The summed E-state index contributed by atoms with van der Waals surface area (Å²) in [4.78, 5) is 2.01. The van der Waals surface area contributed by atoms with Crippen LogP contribution in [0.5, 0.6) is 11.5 Å². The summed E-state index contributed by atoms with van der Waals surface area (Å²) < 4.78 is 31.8. The van der Waals surface area contributed by atoms with Crippen molar-refractivity contribution in [3.8, 4) is 11.5 Å². The Morgan fingerprint density at radius 3 is 2.53 bits per heavy atom. The molecule has 17 heavy (non-hydrogen) atoms. The van der Waals surface area contributed by atoms with Crippen molar-refractivity contribution in [3.05, 3.63) is 23.8 Å². The molecule has 6 nitrogen and oxygen atoms in total. The minimum atomic E-state index is -3.34. The van der Waals surface area contributed by atoms with E-state index in [1.165, 1.54) is 13.3 Å². The van der Waals surface area contributed by atoms with Crippen molar-refractivity contribution in [2.45, 2.75) is 0 Å². The third-order valence-corrected chi connectivity index (χ3v) is 2.30. The van der Waals surface area contributed by atoms with Gasteiger partial charge in [-0.25, -0.2) is 13.2 Å². The molecule has 0 aromatic heterocycles. The largest absolute Gasteiger partial charge is 0.497 e. The number of hydrazone groups is 1. The quantitative estimate of drug-likeness (QED) is 0.619.